The number of carbonyl (C=O) groups excluding carboxylic acids is 2. The van der Waals surface area contributed by atoms with Gasteiger partial charge in [-0.05, 0) is 43.9 Å². The Balaban J connectivity index is 1.68. The number of fused-ring (bicyclic) bond motifs is 3. The summed E-state index contributed by atoms with van der Waals surface area (Å²) in [6, 6.07) is 5.38. The first kappa shape index (κ1) is 16.5. The highest BCUT2D eigenvalue weighted by Crippen LogP contribution is 2.50. The van der Waals surface area contributed by atoms with Crippen LogP contribution >= 0.6 is 0 Å². The van der Waals surface area contributed by atoms with Gasteiger partial charge in [-0.2, -0.15) is 5.10 Å². The molecule has 0 radical (unpaired) electrons. The molecule has 3 aliphatic rings. The number of nitrogens with zero attached hydrogens (tertiary/aromatic N) is 2. The Bertz CT molecular complexity index is 940. The van der Waals surface area contributed by atoms with Gasteiger partial charge in [-0.3, -0.25) is 14.3 Å². The highest BCUT2D eigenvalue weighted by Gasteiger charge is 2.45. The average molecular weight is 366 g/mol. The van der Waals surface area contributed by atoms with Gasteiger partial charge in [-0.25, -0.2) is 0 Å². The molecule has 0 bridgehead atoms. The zero-order valence-electron chi connectivity index (χ0n) is 15.4. The lowest BCUT2D eigenvalue weighted by Crippen LogP contribution is -2.44. The van der Waals surface area contributed by atoms with Gasteiger partial charge in [0.2, 0.25) is 0 Å². The fourth-order valence-corrected chi connectivity index (χ4v) is 4.86. The second-order valence-electron chi connectivity index (χ2n) is 7.91. The lowest BCUT2D eigenvalue weighted by molar-refractivity contribution is -0.135. The first-order valence-electron chi connectivity index (χ1n) is 9.64. The molecule has 6 heteroatoms. The molecule has 1 atom stereocenters. The van der Waals surface area contributed by atoms with Gasteiger partial charge < -0.3 is 9.47 Å². The normalized spacial score (nSPS) is 23.4. The van der Waals surface area contributed by atoms with Crippen molar-refractivity contribution in [3.63, 3.8) is 0 Å². The van der Waals surface area contributed by atoms with E-state index in [0.717, 1.165) is 36.9 Å². The molecule has 2 aromatic rings. The van der Waals surface area contributed by atoms with Crippen LogP contribution in [0, 0.1) is 0 Å². The van der Waals surface area contributed by atoms with Crippen LogP contribution in [0.5, 0.6) is 11.5 Å². The van der Waals surface area contributed by atoms with E-state index >= 15 is 0 Å². The monoisotopic (exact) mass is 366 g/mol. The van der Waals surface area contributed by atoms with Crippen LogP contribution in [0.25, 0.3) is 0 Å². The zero-order valence-corrected chi connectivity index (χ0v) is 15.4. The van der Waals surface area contributed by atoms with Crippen LogP contribution in [0.2, 0.25) is 0 Å². The number of hydrogen-bond donors (Lipinski definition) is 0. The van der Waals surface area contributed by atoms with E-state index in [1.54, 1.807) is 23.0 Å². The largest absolute Gasteiger partial charge is 0.486 e. The molecule has 1 aliphatic carbocycles. The second-order valence-corrected chi connectivity index (χ2v) is 7.91. The van der Waals surface area contributed by atoms with E-state index < -0.39 is 5.60 Å². The number of esters is 1. The SMILES string of the molecule is Cn1nccc1C1CC(=O)Oc2ccc3c(c21)OC1(CCCCC1)CC3=O. The molecular weight excluding hydrogens is 344 g/mol. The summed E-state index contributed by atoms with van der Waals surface area (Å²) in [6.07, 6.45) is 7.53. The van der Waals surface area contributed by atoms with E-state index in [0.29, 0.717) is 23.5 Å². The number of Topliss-reactive ketones (excluding diaryl/α,β-unsaturated/α-hetero) is 1. The molecule has 1 spiro atoms. The Hall–Kier alpha value is -2.63. The summed E-state index contributed by atoms with van der Waals surface area (Å²) in [4.78, 5) is 25.2. The molecule has 27 heavy (non-hydrogen) atoms. The number of ketones is 1. The second kappa shape index (κ2) is 5.94. The van der Waals surface area contributed by atoms with E-state index in [4.69, 9.17) is 9.47 Å². The summed E-state index contributed by atoms with van der Waals surface area (Å²) in [6.45, 7) is 0. The van der Waals surface area contributed by atoms with Crippen molar-refractivity contribution in [3.8, 4) is 11.5 Å². The van der Waals surface area contributed by atoms with Crippen LogP contribution in [0.15, 0.2) is 24.4 Å². The van der Waals surface area contributed by atoms with E-state index in [1.807, 2.05) is 13.1 Å². The van der Waals surface area contributed by atoms with Gasteiger partial charge in [0.1, 0.15) is 17.1 Å². The third-order valence-electron chi connectivity index (χ3n) is 6.18. The molecule has 1 aromatic carbocycles. The molecule has 1 saturated carbocycles. The van der Waals surface area contributed by atoms with E-state index in [1.165, 1.54) is 6.42 Å². The molecule has 1 aromatic heterocycles. The molecule has 0 N–H and O–H groups in total. The minimum Gasteiger partial charge on any atom is -0.486 e. The minimum absolute atomic E-state index is 0.126. The number of hydrogen-bond acceptors (Lipinski definition) is 5. The van der Waals surface area contributed by atoms with Crippen molar-refractivity contribution >= 4 is 11.8 Å². The zero-order chi connectivity index (χ0) is 18.6. The molecule has 0 amide bonds. The maximum absolute atomic E-state index is 13.0. The van der Waals surface area contributed by atoms with Crippen LogP contribution in [0.3, 0.4) is 0 Å². The third-order valence-corrected chi connectivity index (χ3v) is 6.18. The first-order chi connectivity index (χ1) is 13.1. The first-order valence-corrected chi connectivity index (χ1v) is 9.64. The Kier molecular flexibility index (Phi) is 3.64. The summed E-state index contributed by atoms with van der Waals surface area (Å²) < 4.78 is 13.9. The number of ether oxygens (including phenoxy) is 2. The summed E-state index contributed by atoms with van der Waals surface area (Å²) in [7, 11) is 1.86. The minimum atomic E-state index is -0.407. The topological polar surface area (TPSA) is 70.4 Å². The molecule has 6 nitrogen and oxygen atoms in total. The number of rotatable bonds is 1. The molecule has 1 unspecified atom stereocenters. The van der Waals surface area contributed by atoms with Crippen molar-refractivity contribution in [1.82, 2.24) is 9.78 Å². The molecule has 0 saturated heterocycles. The van der Waals surface area contributed by atoms with E-state index in [-0.39, 0.29) is 24.1 Å². The van der Waals surface area contributed by atoms with Crippen LogP contribution in [0.4, 0.5) is 0 Å². The lowest BCUT2D eigenvalue weighted by Gasteiger charge is -2.42. The lowest BCUT2D eigenvalue weighted by atomic mass is 9.77. The molecule has 5 rings (SSSR count). The summed E-state index contributed by atoms with van der Waals surface area (Å²) in [5, 5.41) is 4.26. The van der Waals surface area contributed by atoms with Gasteiger partial charge in [-0.1, -0.05) is 6.42 Å². The Morgan fingerprint density at radius 2 is 1.96 bits per heavy atom. The predicted octanol–water partition coefficient (Wildman–Crippen LogP) is 3.53. The molecule has 3 heterocycles. The number of benzene rings is 1. The number of carbonyl (C=O) groups is 2. The Morgan fingerprint density at radius 3 is 2.70 bits per heavy atom. The Labute approximate surface area is 157 Å². The van der Waals surface area contributed by atoms with Crippen LogP contribution in [-0.4, -0.2) is 27.1 Å². The fourth-order valence-electron chi connectivity index (χ4n) is 4.86. The van der Waals surface area contributed by atoms with Crippen molar-refractivity contribution < 1.29 is 19.1 Å². The highest BCUT2D eigenvalue weighted by atomic mass is 16.5. The van der Waals surface area contributed by atoms with Gasteiger partial charge in [-0.15, -0.1) is 0 Å². The predicted molar refractivity (Wildman–Crippen MR) is 97.1 cm³/mol. The van der Waals surface area contributed by atoms with Crippen molar-refractivity contribution in [2.75, 3.05) is 0 Å². The molecule has 140 valence electrons. The fraction of sp³-hybridized carbons (Fsp3) is 0.476. The summed E-state index contributed by atoms with van der Waals surface area (Å²) in [5.41, 5.74) is 1.93. The van der Waals surface area contributed by atoms with Gasteiger partial charge in [0.25, 0.3) is 0 Å². The van der Waals surface area contributed by atoms with Crippen molar-refractivity contribution in [3.05, 3.63) is 41.2 Å². The third kappa shape index (κ3) is 2.58. The van der Waals surface area contributed by atoms with Gasteiger partial charge in [0.15, 0.2) is 5.78 Å². The smallest absolute Gasteiger partial charge is 0.312 e. The van der Waals surface area contributed by atoms with Crippen LogP contribution in [-0.2, 0) is 11.8 Å². The summed E-state index contributed by atoms with van der Waals surface area (Å²) in [5.74, 6) is 0.737. The quantitative estimate of drug-likeness (QED) is 0.570. The highest BCUT2D eigenvalue weighted by molar-refractivity contribution is 6.01. The van der Waals surface area contributed by atoms with E-state index in [2.05, 4.69) is 5.10 Å². The van der Waals surface area contributed by atoms with Gasteiger partial charge in [0.05, 0.1) is 18.4 Å². The standard InChI is InChI=1S/C21H22N2O4/c1-23-15(7-10-22-23)14-11-18(25)26-17-6-5-13-16(24)12-21(8-3-2-4-9-21)27-20(13)19(14)17/h5-7,10,14H,2-4,8-9,11-12H2,1H3. The van der Waals surface area contributed by atoms with Crippen molar-refractivity contribution in [2.24, 2.45) is 7.05 Å². The van der Waals surface area contributed by atoms with Gasteiger partial charge >= 0.3 is 5.97 Å². The maximum atomic E-state index is 13.0. The van der Waals surface area contributed by atoms with E-state index in [9.17, 15) is 9.59 Å². The maximum Gasteiger partial charge on any atom is 0.312 e. The Morgan fingerprint density at radius 1 is 1.15 bits per heavy atom. The van der Waals surface area contributed by atoms with Crippen LogP contribution in [0.1, 0.15) is 72.5 Å². The molecule has 2 aliphatic heterocycles. The van der Waals surface area contributed by atoms with Crippen LogP contribution < -0.4 is 9.47 Å². The van der Waals surface area contributed by atoms with Gasteiger partial charge in [0, 0.05) is 30.4 Å². The average Bonchev–Trinajstić information content (AvgIpc) is 3.07. The molecule has 1 fully saturated rings. The van der Waals surface area contributed by atoms with Crippen molar-refractivity contribution in [1.29, 1.82) is 0 Å². The molecular formula is C21H22N2O4. The summed E-state index contributed by atoms with van der Waals surface area (Å²) >= 11 is 0. The number of aromatic nitrogens is 2. The van der Waals surface area contributed by atoms with Crippen molar-refractivity contribution in [2.45, 2.75) is 56.5 Å². The number of aryl methyl sites for hydroxylation is 1.